The van der Waals surface area contributed by atoms with Gasteiger partial charge in [-0.1, -0.05) is 66.8 Å². The van der Waals surface area contributed by atoms with Crippen molar-refractivity contribution in [1.82, 2.24) is 4.57 Å². The summed E-state index contributed by atoms with van der Waals surface area (Å²) in [6.07, 6.45) is 3.98. The predicted octanol–water partition coefficient (Wildman–Crippen LogP) is 6.79. The fourth-order valence-electron chi connectivity index (χ4n) is 3.28. The topological polar surface area (TPSA) is 57.3 Å². The summed E-state index contributed by atoms with van der Waals surface area (Å²) in [4.78, 5) is 10.8. The lowest BCUT2D eigenvalue weighted by molar-refractivity contribution is -0.385. The molecule has 30 heavy (non-hydrogen) atoms. The number of pyridine rings is 1. The third-order valence-electron chi connectivity index (χ3n) is 4.67. The SMILES string of the molecule is Cn1cc(-c2ccccc2)c(=S)c(-c2cccc(Oc3ccccc3[N+](=O)[O-])c2)c1. The van der Waals surface area contributed by atoms with Crippen LogP contribution in [0.15, 0.2) is 91.3 Å². The third-order valence-corrected chi connectivity index (χ3v) is 5.11. The van der Waals surface area contributed by atoms with E-state index in [4.69, 9.17) is 17.0 Å². The molecule has 0 aliphatic rings. The van der Waals surface area contributed by atoms with E-state index in [1.807, 2.05) is 72.5 Å². The summed E-state index contributed by atoms with van der Waals surface area (Å²) < 4.78 is 8.55. The summed E-state index contributed by atoms with van der Waals surface area (Å²) in [5.41, 5.74) is 3.71. The number of aromatic nitrogens is 1. The number of nitro benzene ring substituents is 1. The van der Waals surface area contributed by atoms with Gasteiger partial charge in [-0.3, -0.25) is 10.1 Å². The molecule has 5 nitrogen and oxygen atoms in total. The number of nitro groups is 1. The van der Waals surface area contributed by atoms with Crippen LogP contribution in [0.3, 0.4) is 0 Å². The number of nitrogens with zero attached hydrogens (tertiary/aromatic N) is 2. The molecular weight excluding hydrogens is 396 g/mol. The van der Waals surface area contributed by atoms with Gasteiger partial charge in [0.25, 0.3) is 0 Å². The maximum atomic E-state index is 11.3. The standard InChI is InChI=1S/C24H18N2O3S/c1-25-15-20(17-8-3-2-4-9-17)24(30)21(16-25)18-10-7-11-19(14-18)29-23-13-6-5-12-22(23)26(27)28/h2-16H,1H3. The second-order valence-corrected chi connectivity index (χ2v) is 7.21. The number of rotatable bonds is 5. The zero-order chi connectivity index (χ0) is 21.1. The number of para-hydroxylation sites is 2. The van der Waals surface area contributed by atoms with Gasteiger partial charge in [0.1, 0.15) is 5.75 Å². The minimum Gasteiger partial charge on any atom is -0.450 e. The van der Waals surface area contributed by atoms with Crippen molar-refractivity contribution in [2.75, 3.05) is 0 Å². The Morgan fingerprint density at radius 2 is 1.50 bits per heavy atom. The Morgan fingerprint density at radius 3 is 2.23 bits per heavy atom. The molecular formula is C24H18N2O3S. The van der Waals surface area contributed by atoms with E-state index in [0.29, 0.717) is 5.75 Å². The Kier molecular flexibility index (Phi) is 5.41. The molecule has 4 rings (SSSR count). The molecule has 3 aromatic carbocycles. The van der Waals surface area contributed by atoms with Crippen LogP contribution in [0.25, 0.3) is 22.3 Å². The van der Waals surface area contributed by atoms with Gasteiger partial charge in [-0.05, 0) is 29.3 Å². The molecule has 1 aromatic heterocycles. The molecule has 0 radical (unpaired) electrons. The van der Waals surface area contributed by atoms with Gasteiger partial charge >= 0.3 is 5.69 Å². The van der Waals surface area contributed by atoms with Crippen LogP contribution < -0.4 is 4.74 Å². The molecule has 6 heteroatoms. The molecule has 0 bridgehead atoms. The van der Waals surface area contributed by atoms with Gasteiger partial charge in [0, 0.05) is 36.6 Å². The largest absolute Gasteiger partial charge is 0.450 e. The van der Waals surface area contributed by atoms with Gasteiger partial charge < -0.3 is 9.30 Å². The molecule has 4 aromatic rings. The Labute approximate surface area is 179 Å². The molecule has 148 valence electrons. The van der Waals surface area contributed by atoms with Crippen LogP contribution in [0.1, 0.15) is 0 Å². The Balaban J connectivity index is 1.76. The molecule has 0 spiro atoms. The average Bonchev–Trinajstić information content (AvgIpc) is 2.76. The Hall–Kier alpha value is -3.77. The highest BCUT2D eigenvalue weighted by Gasteiger charge is 2.15. The van der Waals surface area contributed by atoms with E-state index in [-0.39, 0.29) is 11.4 Å². The first-order chi connectivity index (χ1) is 14.5. The first kappa shape index (κ1) is 19.5. The van der Waals surface area contributed by atoms with E-state index in [2.05, 4.69) is 0 Å². The molecule has 0 amide bonds. The summed E-state index contributed by atoms with van der Waals surface area (Å²) in [5.74, 6) is 0.700. The van der Waals surface area contributed by atoms with Crippen molar-refractivity contribution in [1.29, 1.82) is 0 Å². The molecule has 0 fully saturated rings. The molecule has 0 atom stereocenters. The zero-order valence-corrected chi connectivity index (χ0v) is 17.0. The molecule has 0 N–H and O–H groups in total. The molecule has 0 aliphatic carbocycles. The van der Waals surface area contributed by atoms with Gasteiger partial charge in [-0.2, -0.15) is 0 Å². The monoisotopic (exact) mass is 414 g/mol. The summed E-state index contributed by atoms with van der Waals surface area (Å²) in [6, 6.07) is 23.7. The average molecular weight is 414 g/mol. The van der Waals surface area contributed by atoms with Crippen LogP contribution in [-0.2, 0) is 7.05 Å². The second kappa shape index (κ2) is 8.31. The van der Waals surface area contributed by atoms with Crippen molar-refractivity contribution in [2.24, 2.45) is 7.05 Å². The van der Waals surface area contributed by atoms with Crippen molar-refractivity contribution >= 4 is 17.9 Å². The van der Waals surface area contributed by atoms with Crippen LogP contribution in [0.2, 0.25) is 0 Å². The smallest absolute Gasteiger partial charge is 0.311 e. The van der Waals surface area contributed by atoms with Crippen LogP contribution in [0.4, 0.5) is 5.69 Å². The van der Waals surface area contributed by atoms with Crippen LogP contribution in [0, 0.1) is 14.6 Å². The molecule has 0 saturated carbocycles. The molecule has 0 unspecified atom stereocenters. The Morgan fingerprint density at radius 1 is 0.867 bits per heavy atom. The normalized spacial score (nSPS) is 10.6. The van der Waals surface area contributed by atoms with Crippen LogP contribution in [-0.4, -0.2) is 9.49 Å². The van der Waals surface area contributed by atoms with Crippen LogP contribution >= 0.6 is 12.2 Å². The minimum atomic E-state index is -0.454. The number of ether oxygens (including phenoxy) is 1. The van der Waals surface area contributed by atoms with Crippen molar-refractivity contribution in [3.05, 3.63) is 106 Å². The van der Waals surface area contributed by atoms with E-state index < -0.39 is 4.92 Å². The van der Waals surface area contributed by atoms with Crippen molar-refractivity contribution in [2.45, 2.75) is 0 Å². The summed E-state index contributed by atoms with van der Waals surface area (Å²) >= 11 is 5.80. The van der Waals surface area contributed by atoms with Gasteiger partial charge in [0.05, 0.1) is 9.43 Å². The summed E-state index contributed by atoms with van der Waals surface area (Å²) in [6.45, 7) is 0. The maximum Gasteiger partial charge on any atom is 0.311 e. The fraction of sp³-hybridized carbons (Fsp3) is 0.0417. The van der Waals surface area contributed by atoms with E-state index in [0.717, 1.165) is 26.8 Å². The van der Waals surface area contributed by atoms with Crippen molar-refractivity contribution in [3.63, 3.8) is 0 Å². The molecule has 0 aliphatic heterocycles. The summed E-state index contributed by atoms with van der Waals surface area (Å²) in [7, 11) is 1.96. The second-order valence-electron chi connectivity index (χ2n) is 6.80. The number of aryl methyl sites for hydroxylation is 1. The lowest BCUT2D eigenvalue weighted by Gasteiger charge is -2.12. The maximum absolute atomic E-state index is 11.3. The van der Waals surface area contributed by atoms with Crippen LogP contribution in [0.5, 0.6) is 11.5 Å². The third kappa shape index (κ3) is 3.99. The highest BCUT2D eigenvalue weighted by atomic mass is 32.1. The van der Waals surface area contributed by atoms with Gasteiger partial charge in [-0.15, -0.1) is 0 Å². The predicted molar refractivity (Wildman–Crippen MR) is 120 cm³/mol. The highest BCUT2D eigenvalue weighted by molar-refractivity contribution is 7.71. The van der Waals surface area contributed by atoms with Gasteiger partial charge in [0.15, 0.2) is 0 Å². The Bertz CT molecular complexity index is 1280. The minimum absolute atomic E-state index is 0.0793. The van der Waals surface area contributed by atoms with Crippen molar-refractivity contribution in [3.8, 4) is 33.8 Å². The number of hydrogen-bond acceptors (Lipinski definition) is 4. The fourth-order valence-corrected chi connectivity index (χ4v) is 3.63. The lowest BCUT2D eigenvalue weighted by atomic mass is 10.0. The molecule has 1 heterocycles. The first-order valence-corrected chi connectivity index (χ1v) is 9.71. The summed E-state index contributed by atoms with van der Waals surface area (Å²) in [5, 5.41) is 11.3. The van der Waals surface area contributed by atoms with E-state index >= 15 is 0 Å². The zero-order valence-electron chi connectivity index (χ0n) is 16.2. The highest BCUT2D eigenvalue weighted by Crippen LogP contribution is 2.34. The first-order valence-electron chi connectivity index (χ1n) is 9.30. The molecule has 0 saturated heterocycles. The number of hydrogen-bond donors (Lipinski definition) is 0. The van der Waals surface area contributed by atoms with E-state index in [1.165, 1.54) is 6.07 Å². The quantitative estimate of drug-likeness (QED) is 0.205. The lowest BCUT2D eigenvalue weighted by Crippen LogP contribution is -1.96. The van der Waals surface area contributed by atoms with Crippen molar-refractivity contribution < 1.29 is 9.66 Å². The van der Waals surface area contributed by atoms with E-state index in [1.54, 1.807) is 24.3 Å². The number of benzene rings is 3. The van der Waals surface area contributed by atoms with Gasteiger partial charge in [-0.25, -0.2) is 0 Å². The van der Waals surface area contributed by atoms with Gasteiger partial charge in [0.2, 0.25) is 5.75 Å². The van der Waals surface area contributed by atoms with E-state index in [9.17, 15) is 10.1 Å².